The van der Waals surface area contributed by atoms with E-state index in [2.05, 4.69) is 10.6 Å². The molecule has 0 heterocycles. The summed E-state index contributed by atoms with van der Waals surface area (Å²) in [6.07, 6.45) is 0. The quantitative estimate of drug-likeness (QED) is 0.822. The van der Waals surface area contributed by atoms with Crippen molar-refractivity contribution in [2.75, 3.05) is 24.3 Å². The van der Waals surface area contributed by atoms with Gasteiger partial charge in [0.2, 0.25) is 0 Å². The summed E-state index contributed by atoms with van der Waals surface area (Å²) in [6, 6.07) is 7.67. The Balaban J connectivity index is 2.67. The van der Waals surface area contributed by atoms with Crippen molar-refractivity contribution in [1.29, 1.82) is 0 Å². The zero-order valence-electron chi connectivity index (χ0n) is 10.2. The van der Waals surface area contributed by atoms with E-state index in [4.69, 9.17) is 0 Å². The van der Waals surface area contributed by atoms with Crippen LogP contribution in [0.4, 0.5) is 16.2 Å². The molecule has 0 unspecified atom stereocenters. The number of amides is 2. The third-order valence-electron chi connectivity index (χ3n) is 2.04. The van der Waals surface area contributed by atoms with Gasteiger partial charge in [-0.15, -0.1) is 0 Å². The molecule has 0 radical (unpaired) electrons. The van der Waals surface area contributed by atoms with E-state index in [0.717, 1.165) is 11.4 Å². The lowest BCUT2D eigenvalue weighted by Gasteiger charge is -2.15. The number of urea groups is 1. The Morgan fingerprint density at radius 1 is 1.31 bits per heavy atom. The molecule has 4 heteroatoms. The van der Waals surface area contributed by atoms with Crippen molar-refractivity contribution in [3.05, 3.63) is 24.3 Å². The molecular weight excluding hydrogens is 202 g/mol. The van der Waals surface area contributed by atoms with Crippen LogP contribution in [0.25, 0.3) is 0 Å². The minimum absolute atomic E-state index is 0.136. The van der Waals surface area contributed by atoms with Crippen LogP contribution >= 0.6 is 0 Å². The van der Waals surface area contributed by atoms with Crippen molar-refractivity contribution in [3.8, 4) is 0 Å². The molecule has 0 aliphatic heterocycles. The fraction of sp³-hybridized carbons (Fsp3) is 0.417. The smallest absolute Gasteiger partial charge is 0.319 e. The fourth-order valence-electron chi connectivity index (χ4n) is 1.29. The molecule has 0 fully saturated rings. The molecule has 16 heavy (non-hydrogen) atoms. The van der Waals surface area contributed by atoms with Gasteiger partial charge in [-0.25, -0.2) is 4.79 Å². The lowest BCUT2D eigenvalue weighted by Crippen LogP contribution is -2.34. The van der Waals surface area contributed by atoms with Crippen molar-refractivity contribution in [1.82, 2.24) is 5.32 Å². The second-order valence-electron chi connectivity index (χ2n) is 4.20. The number of nitrogens with one attached hydrogen (secondary N) is 2. The summed E-state index contributed by atoms with van der Waals surface area (Å²) in [4.78, 5) is 13.5. The van der Waals surface area contributed by atoms with Crippen LogP contribution in [-0.2, 0) is 0 Å². The van der Waals surface area contributed by atoms with E-state index in [1.165, 1.54) is 0 Å². The standard InChI is InChI=1S/C12H19N3O/c1-9(2)13-12(16)14-10-6-5-7-11(8-10)15(3)4/h5-9H,1-4H3,(H2,13,14,16). The Bertz CT molecular complexity index is 361. The van der Waals surface area contributed by atoms with E-state index in [0.29, 0.717) is 0 Å². The van der Waals surface area contributed by atoms with Crippen LogP contribution in [0.15, 0.2) is 24.3 Å². The molecular formula is C12H19N3O. The van der Waals surface area contributed by atoms with Crippen LogP contribution in [0, 0.1) is 0 Å². The first kappa shape index (κ1) is 12.4. The van der Waals surface area contributed by atoms with Gasteiger partial charge < -0.3 is 15.5 Å². The molecule has 1 aromatic carbocycles. The number of benzene rings is 1. The van der Waals surface area contributed by atoms with Gasteiger partial charge in [0.05, 0.1) is 0 Å². The van der Waals surface area contributed by atoms with Gasteiger partial charge in [0, 0.05) is 31.5 Å². The van der Waals surface area contributed by atoms with Gasteiger partial charge in [0.15, 0.2) is 0 Å². The lowest BCUT2D eigenvalue weighted by atomic mass is 10.2. The van der Waals surface area contributed by atoms with Crippen LogP contribution in [0.3, 0.4) is 0 Å². The largest absolute Gasteiger partial charge is 0.378 e. The number of hydrogen-bond donors (Lipinski definition) is 2. The first-order chi connectivity index (χ1) is 7.49. The van der Waals surface area contributed by atoms with E-state index < -0.39 is 0 Å². The monoisotopic (exact) mass is 221 g/mol. The van der Waals surface area contributed by atoms with Gasteiger partial charge in [-0.1, -0.05) is 6.07 Å². The minimum atomic E-state index is -0.175. The highest BCUT2D eigenvalue weighted by atomic mass is 16.2. The average Bonchev–Trinajstić information content (AvgIpc) is 2.16. The van der Waals surface area contributed by atoms with Crippen LogP contribution in [0.2, 0.25) is 0 Å². The SMILES string of the molecule is CC(C)NC(=O)Nc1cccc(N(C)C)c1. The number of carbonyl (C=O) groups excluding carboxylic acids is 1. The molecule has 0 spiro atoms. The first-order valence-corrected chi connectivity index (χ1v) is 5.34. The Morgan fingerprint density at radius 3 is 2.56 bits per heavy atom. The second kappa shape index (κ2) is 5.39. The molecule has 1 rings (SSSR count). The van der Waals surface area contributed by atoms with Gasteiger partial charge in [0.1, 0.15) is 0 Å². The molecule has 0 saturated heterocycles. The Morgan fingerprint density at radius 2 is 2.00 bits per heavy atom. The molecule has 0 bridgehead atoms. The maximum absolute atomic E-state index is 11.5. The van der Waals surface area contributed by atoms with Crippen LogP contribution < -0.4 is 15.5 Å². The first-order valence-electron chi connectivity index (χ1n) is 5.34. The maximum Gasteiger partial charge on any atom is 0.319 e. The van der Waals surface area contributed by atoms with Crippen molar-refractivity contribution in [2.24, 2.45) is 0 Å². The van der Waals surface area contributed by atoms with E-state index >= 15 is 0 Å². The minimum Gasteiger partial charge on any atom is -0.378 e. The molecule has 1 aromatic rings. The van der Waals surface area contributed by atoms with E-state index in [-0.39, 0.29) is 12.1 Å². The van der Waals surface area contributed by atoms with E-state index in [1.807, 2.05) is 57.1 Å². The van der Waals surface area contributed by atoms with E-state index in [9.17, 15) is 4.79 Å². The van der Waals surface area contributed by atoms with Gasteiger partial charge in [-0.05, 0) is 32.0 Å². The molecule has 0 aliphatic rings. The van der Waals surface area contributed by atoms with Crippen molar-refractivity contribution < 1.29 is 4.79 Å². The van der Waals surface area contributed by atoms with Crippen LogP contribution in [0.1, 0.15) is 13.8 Å². The molecule has 4 nitrogen and oxygen atoms in total. The summed E-state index contributed by atoms with van der Waals surface area (Å²) < 4.78 is 0. The molecule has 0 aromatic heterocycles. The average molecular weight is 221 g/mol. The predicted molar refractivity (Wildman–Crippen MR) is 68.1 cm³/mol. The fourth-order valence-corrected chi connectivity index (χ4v) is 1.29. The molecule has 2 amide bonds. The normalized spacial score (nSPS) is 10.1. The lowest BCUT2D eigenvalue weighted by molar-refractivity contribution is 0.250. The molecule has 88 valence electrons. The van der Waals surface area contributed by atoms with Crippen LogP contribution in [-0.4, -0.2) is 26.2 Å². The highest BCUT2D eigenvalue weighted by Gasteiger charge is 2.03. The summed E-state index contributed by atoms with van der Waals surface area (Å²) in [7, 11) is 3.93. The van der Waals surface area contributed by atoms with Gasteiger partial charge in [-0.2, -0.15) is 0 Å². The number of hydrogen-bond acceptors (Lipinski definition) is 2. The number of carbonyl (C=O) groups is 1. The molecule has 0 aliphatic carbocycles. The Hall–Kier alpha value is -1.71. The molecule has 0 atom stereocenters. The maximum atomic E-state index is 11.5. The van der Waals surface area contributed by atoms with Gasteiger partial charge >= 0.3 is 6.03 Å². The summed E-state index contributed by atoms with van der Waals surface area (Å²) in [5.41, 5.74) is 1.85. The van der Waals surface area contributed by atoms with Gasteiger partial charge in [-0.3, -0.25) is 0 Å². The summed E-state index contributed by atoms with van der Waals surface area (Å²) in [5, 5.41) is 5.57. The number of rotatable bonds is 3. The highest BCUT2D eigenvalue weighted by molar-refractivity contribution is 5.89. The van der Waals surface area contributed by atoms with E-state index in [1.54, 1.807) is 0 Å². The topological polar surface area (TPSA) is 44.4 Å². The van der Waals surface area contributed by atoms with Crippen molar-refractivity contribution in [2.45, 2.75) is 19.9 Å². The zero-order chi connectivity index (χ0) is 12.1. The molecule has 0 saturated carbocycles. The van der Waals surface area contributed by atoms with Crippen molar-refractivity contribution >= 4 is 17.4 Å². The third-order valence-corrected chi connectivity index (χ3v) is 2.04. The summed E-state index contributed by atoms with van der Waals surface area (Å²) in [6.45, 7) is 3.85. The Kier molecular flexibility index (Phi) is 4.17. The van der Waals surface area contributed by atoms with Gasteiger partial charge in [0.25, 0.3) is 0 Å². The third kappa shape index (κ3) is 3.81. The summed E-state index contributed by atoms with van der Waals surface area (Å²) in [5.74, 6) is 0. The number of nitrogens with zero attached hydrogens (tertiary/aromatic N) is 1. The zero-order valence-corrected chi connectivity index (χ0v) is 10.2. The Labute approximate surface area is 96.6 Å². The second-order valence-corrected chi connectivity index (χ2v) is 4.20. The predicted octanol–water partition coefficient (Wildman–Crippen LogP) is 2.28. The highest BCUT2D eigenvalue weighted by Crippen LogP contribution is 2.16. The van der Waals surface area contributed by atoms with Crippen molar-refractivity contribution in [3.63, 3.8) is 0 Å². The van der Waals surface area contributed by atoms with Crippen LogP contribution in [0.5, 0.6) is 0 Å². The molecule has 2 N–H and O–H groups in total. The number of anilines is 2. The summed E-state index contributed by atoms with van der Waals surface area (Å²) >= 11 is 0.